The molecule has 1 amide bonds. The number of sulfonamides is 1. The van der Waals surface area contributed by atoms with Crippen molar-refractivity contribution in [2.75, 3.05) is 27.2 Å². The van der Waals surface area contributed by atoms with Crippen LogP contribution in [-0.4, -0.2) is 52.8 Å². The van der Waals surface area contributed by atoms with Crippen molar-refractivity contribution in [3.63, 3.8) is 0 Å². The van der Waals surface area contributed by atoms with E-state index in [9.17, 15) is 30.8 Å². The Hall–Kier alpha value is -2.70. The van der Waals surface area contributed by atoms with Crippen molar-refractivity contribution < 1.29 is 35.5 Å². The molecule has 0 bridgehead atoms. The molecule has 7 nitrogen and oxygen atoms in total. The largest absolute Gasteiger partial charge is 0.573 e. The summed E-state index contributed by atoms with van der Waals surface area (Å²) in [5.74, 6) is -1.37. The Morgan fingerprint density at radius 1 is 1.12 bits per heavy atom. The number of nitrogens with zero attached hydrogens (tertiary/aromatic N) is 1. The first-order valence-corrected chi connectivity index (χ1v) is 10.9. The van der Waals surface area contributed by atoms with Gasteiger partial charge < -0.3 is 15.0 Å². The summed E-state index contributed by atoms with van der Waals surface area (Å²) in [5.41, 5.74) is 0.675. The second-order valence-electron chi connectivity index (χ2n) is 7.01. The van der Waals surface area contributed by atoms with Gasteiger partial charge in [-0.15, -0.1) is 13.2 Å². The Balaban J connectivity index is 1.86. The average Bonchev–Trinajstić information content (AvgIpc) is 2.67. The molecule has 0 spiro atoms. The van der Waals surface area contributed by atoms with Crippen LogP contribution in [0.25, 0.3) is 0 Å². The Kier molecular flexibility index (Phi) is 8.58. The number of hydrogen-bond donors (Lipinski definition) is 2. The second kappa shape index (κ2) is 10.7. The molecule has 0 radical (unpaired) electrons. The summed E-state index contributed by atoms with van der Waals surface area (Å²) in [5, 5.41) is 2.68. The topological polar surface area (TPSA) is 87.7 Å². The van der Waals surface area contributed by atoms with Gasteiger partial charge in [0.05, 0.1) is 10.9 Å². The first-order chi connectivity index (χ1) is 14.9. The van der Waals surface area contributed by atoms with Crippen LogP contribution in [0.15, 0.2) is 53.4 Å². The number of alkyl halides is 3. The van der Waals surface area contributed by atoms with Crippen LogP contribution < -0.4 is 14.8 Å². The highest BCUT2D eigenvalue weighted by Gasteiger charge is 2.31. The van der Waals surface area contributed by atoms with Gasteiger partial charge in [0, 0.05) is 19.5 Å². The van der Waals surface area contributed by atoms with E-state index < -0.39 is 33.9 Å². The maximum atomic E-state index is 13.5. The van der Waals surface area contributed by atoms with E-state index in [1.165, 1.54) is 12.1 Å². The third-order valence-corrected chi connectivity index (χ3v) is 5.84. The summed E-state index contributed by atoms with van der Waals surface area (Å²) < 4.78 is 80.4. The Bertz CT molecular complexity index is 1010. The van der Waals surface area contributed by atoms with E-state index in [4.69, 9.17) is 0 Å². The molecule has 32 heavy (non-hydrogen) atoms. The van der Waals surface area contributed by atoms with E-state index in [0.717, 1.165) is 24.3 Å². The summed E-state index contributed by atoms with van der Waals surface area (Å²) in [6.07, 6.45) is -5.05. The molecule has 0 fully saturated rings. The van der Waals surface area contributed by atoms with Crippen molar-refractivity contribution in [3.05, 3.63) is 59.9 Å². The molecule has 0 aliphatic carbocycles. The minimum atomic E-state index is -4.88. The lowest BCUT2D eigenvalue weighted by Crippen LogP contribution is -2.36. The Morgan fingerprint density at radius 3 is 2.34 bits per heavy atom. The zero-order valence-electron chi connectivity index (χ0n) is 17.3. The number of carbonyl (C=O) groups is 1. The van der Waals surface area contributed by atoms with Gasteiger partial charge in [0.15, 0.2) is 0 Å². The number of likely N-dealkylation sites (N-methyl/N-ethyl adjacent to an activating group) is 1. The van der Waals surface area contributed by atoms with Crippen LogP contribution in [-0.2, 0) is 14.8 Å². The van der Waals surface area contributed by atoms with E-state index in [-0.39, 0.29) is 30.4 Å². The molecule has 0 aliphatic heterocycles. The Morgan fingerprint density at radius 2 is 1.78 bits per heavy atom. The molecule has 0 saturated heterocycles. The second-order valence-corrected chi connectivity index (χ2v) is 8.77. The van der Waals surface area contributed by atoms with Gasteiger partial charge >= 0.3 is 6.36 Å². The van der Waals surface area contributed by atoms with E-state index in [0.29, 0.717) is 5.56 Å². The number of amides is 1. The van der Waals surface area contributed by atoms with Gasteiger partial charge in [0.25, 0.3) is 0 Å². The SMILES string of the molecule is CN(C)[C@@H](CNC(=O)CCNS(=O)(=O)c1ccc(OC(F)(F)F)cc1)c1cccc(F)c1. The van der Waals surface area contributed by atoms with Crippen LogP contribution in [0, 0.1) is 5.82 Å². The maximum Gasteiger partial charge on any atom is 0.573 e. The lowest BCUT2D eigenvalue weighted by molar-refractivity contribution is -0.274. The third-order valence-electron chi connectivity index (χ3n) is 4.36. The van der Waals surface area contributed by atoms with E-state index in [2.05, 4.69) is 14.8 Å². The monoisotopic (exact) mass is 477 g/mol. The standard InChI is InChI=1S/C20H23F4N3O4S/c1-27(2)18(14-4-3-5-15(21)12-14)13-25-19(28)10-11-26-32(29,30)17-8-6-16(7-9-17)31-20(22,23)24/h3-9,12,18,26H,10-11,13H2,1-2H3,(H,25,28)/t18-/m0/s1. The van der Waals surface area contributed by atoms with Crippen LogP contribution in [0.3, 0.4) is 0 Å². The fraction of sp³-hybridized carbons (Fsp3) is 0.350. The highest BCUT2D eigenvalue weighted by atomic mass is 32.2. The van der Waals surface area contributed by atoms with Gasteiger partial charge in [-0.05, 0) is 56.1 Å². The number of ether oxygens (including phenoxy) is 1. The number of nitrogens with one attached hydrogen (secondary N) is 2. The smallest absolute Gasteiger partial charge is 0.406 e. The van der Waals surface area contributed by atoms with E-state index >= 15 is 0 Å². The summed E-state index contributed by atoms with van der Waals surface area (Å²) in [6, 6.07) is 9.38. The number of carbonyl (C=O) groups excluding carboxylic acids is 1. The molecule has 2 N–H and O–H groups in total. The van der Waals surface area contributed by atoms with Gasteiger partial charge in [0.1, 0.15) is 11.6 Å². The van der Waals surface area contributed by atoms with Crippen molar-refractivity contribution in [2.45, 2.75) is 23.7 Å². The molecular formula is C20H23F4N3O4S. The lowest BCUT2D eigenvalue weighted by Gasteiger charge is -2.25. The highest BCUT2D eigenvalue weighted by Crippen LogP contribution is 2.24. The summed E-state index contributed by atoms with van der Waals surface area (Å²) >= 11 is 0. The van der Waals surface area contributed by atoms with Gasteiger partial charge in [-0.1, -0.05) is 12.1 Å². The number of hydrogen-bond acceptors (Lipinski definition) is 5. The fourth-order valence-corrected chi connectivity index (χ4v) is 3.85. The zero-order chi connectivity index (χ0) is 23.9. The van der Waals surface area contributed by atoms with Gasteiger partial charge in [-0.3, -0.25) is 4.79 Å². The summed E-state index contributed by atoms with van der Waals surface area (Å²) in [6.45, 7) is -0.0374. The third kappa shape index (κ3) is 8.09. The quantitative estimate of drug-likeness (QED) is 0.514. The van der Waals surface area contributed by atoms with Crippen molar-refractivity contribution in [1.29, 1.82) is 0 Å². The van der Waals surface area contributed by atoms with E-state index in [1.54, 1.807) is 26.2 Å². The van der Waals surface area contributed by atoms with Crippen LogP contribution in [0.2, 0.25) is 0 Å². The average molecular weight is 477 g/mol. The lowest BCUT2D eigenvalue weighted by atomic mass is 10.1. The zero-order valence-corrected chi connectivity index (χ0v) is 18.1. The summed E-state index contributed by atoms with van der Waals surface area (Å²) in [4.78, 5) is 13.6. The van der Waals surface area contributed by atoms with Crippen molar-refractivity contribution in [1.82, 2.24) is 14.9 Å². The van der Waals surface area contributed by atoms with Crippen LogP contribution >= 0.6 is 0 Å². The summed E-state index contributed by atoms with van der Waals surface area (Å²) in [7, 11) is -0.468. The molecule has 2 aromatic rings. The Labute approximate surface area is 183 Å². The normalized spacial score (nSPS) is 13.1. The van der Waals surface area contributed by atoms with Crippen molar-refractivity contribution >= 4 is 15.9 Å². The predicted octanol–water partition coefficient (Wildman–Crippen LogP) is 2.81. The molecule has 0 unspecified atom stereocenters. The first kappa shape index (κ1) is 25.6. The fourth-order valence-electron chi connectivity index (χ4n) is 2.81. The van der Waals surface area contributed by atoms with Crippen LogP contribution in [0.1, 0.15) is 18.0 Å². The number of halogens is 4. The van der Waals surface area contributed by atoms with Crippen LogP contribution in [0.4, 0.5) is 17.6 Å². The van der Waals surface area contributed by atoms with Gasteiger partial charge in [0.2, 0.25) is 15.9 Å². The molecule has 0 saturated carbocycles. The highest BCUT2D eigenvalue weighted by molar-refractivity contribution is 7.89. The molecule has 2 aromatic carbocycles. The maximum absolute atomic E-state index is 13.5. The molecule has 1 atom stereocenters. The van der Waals surface area contributed by atoms with Gasteiger partial charge in [-0.2, -0.15) is 0 Å². The van der Waals surface area contributed by atoms with Crippen molar-refractivity contribution in [2.24, 2.45) is 0 Å². The molecule has 176 valence electrons. The molecule has 0 aromatic heterocycles. The number of rotatable bonds is 10. The minimum absolute atomic E-state index is 0.169. The van der Waals surface area contributed by atoms with Gasteiger partial charge in [-0.25, -0.2) is 17.5 Å². The minimum Gasteiger partial charge on any atom is -0.406 e. The van der Waals surface area contributed by atoms with Crippen LogP contribution in [0.5, 0.6) is 5.75 Å². The molecule has 2 rings (SSSR count). The first-order valence-electron chi connectivity index (χ1n) is 9.41. The molecule has 0 aliphatic rings. The predicted molar refractivity (Wildman–Crippen MR) is 109 cm³/mol. The number of benzene rings is 2. The van der Waals surface area contributed by atoms with Crippen molar-refractivity contribution in [3.8, 4) is 5.75 Å². The molecular weight excluding hydrogens is 454 g/mol. The molecule has 12 heteroatoms. The molecule has 0 heterocycles. The van der Waals surface area contributed by atoms with E-state index in [1.807, 2.05) is 4.90 Å².